The normalized spacial score (nSPS) is 15.5. The maximum atomic E-state index is 13.6. The molecular weight excluding hydrogens is 374 g/mol. The average Bonchev–Trinajstić information content (AvgIpc) is 2.90. The lowest BCUT2D eigenvalue weighted by Gasteiger charge is -2.13. The summed E-state index contributed by atoms with van der Waals surface area (Å²) in [4.78, 5) is 37.6. The lowest BCUT2D eigenvalue weighted by atomic mass is 10.2. The number of thioether (sulfide) groups is 1. The minimum Gasteiger partial charge on any atom is -0.350 e. The van der Waals surface area contributed by atoms with E-state index in [0.29, 0.717) is 0 Å². The van der Waals surface area contributed by atoms with Gasteiger partial charge in [0, 0.05) is 13.1 Å². The molecule has 0 saturated carbocycles. The number of benzene rings is 2. The molecule has 0 spiro atoms. The first-order valence-electron chi connectivity index (χ1n) is 8.00. The van der Waals surface area contributed by atoms with Gasteiger partial charge in [-0.2, -0.15) is 0 Å². The van der Waals surface area contributed by atoms with Gasteiger partial charge in [-0.15, -0.1) is 0 Å². The number of carbonyl (C=O) groups is 3. The SMILES string of the molecule is O=C(NCCN1C(=O)S/C(=C\c2ccccc2)C1=O)c1c(F)cccc1F. The van der Waals surface area contributed by atoms with Crippen LogP contribution >= 0.6 is 11.8 Å². The summed E-state index contributed by atoms with van der Waals surface area (Å²) in [5, 5.41) is 1.86. The van der Waals surface area contributed by atoms with Crippen LogP contribution in [-0.2, 0) is 4.79 Å². The number of carbonyl (C=O) groups excluding carboxylic acids is 3. The van der Waals surface area contributed by atoms with Crippen LogP contribution in [0, 0.1) is 11.6 Å². The Kier molecular flexibility index (Phi) is 5.66. The molecule has 3 amide bonds. The number of halogens is 2. The van der Waals surface area contributed by atoms with Crippen LogP contribution in [0.5, 0.6) is 0 Å². The van der Waals surface area contributed by atoms with Crippen LogP contribution in [0.15, 0.2) is 53.4 Å². The molecular formula is C19H14F2N2O3S. The van der Waals surface area contributed by atoms with Gasteiger partial charge >= 0.3 is 0 Å². The monoisotopic (exact) mass is 388 g/mol. The Morgan fingerprint density at radius 1 is 1.04 bits per heavy atom. The minimum absolute atomic E-state index is 0.0986. The highest BCUT2D eigenvalue weighted by Gasteiger charge is 2.34. The number of rotatable bonds is 5. The van der Waals surface area contributed by atoms with Crippen molar-refractivity contribution in [3.63, 3.8) is 0 Å². The zero-order chi connectivity index (χ0) is 19.4. The molecule has 1 aliphatic rings. The van der Waals surface area contributed by atoms with Crippen LogP contribution in [0.1, 0.15) is 15.9 Å². The number of nitrogens with zero attached hydrogens (tertiary/aromatic N) is 1. The molecule has 8 heteroatoms. The standard InChI is InChI=1S/C19H14F2N2O3S/c20-13-7-4-8-14(21)16(13)17(24)22-9-10-23-18(25)15(27-19(23)26)11-12-5-2-1-3-6-12/h1-8,11H,9-10H2,(H,22,24)/b15-11-. The predicted molar refractivity (Wildman–Crippen MR) is 97.8 cm³/mol. The fourth-order valence-electron chi connectivity index (χ4n) is 2.48. The summed E-state index contributed by atoms with van der Waals surface area (Å²) in [6.45, 7) is -0.220. The van der Waals surface area contributed by atoms with Crippen LogP contribution < -0.4 is 5.32 Å². The van der Waals surface area contributed by atoms with Crippen LogP contribution in [-0.4, -0.2) is 35.0 Å². The highest BCUT2D eigenvalue weighted by molar-refractivity contribution is 8.18. The third-order valence-corrected chi connectivity index (χ3v) is 4.69. The van der Waals surface area contributed by atoms with Gasteiger partial charge in [-0.3, -0.25) is 19.3 Å². The van der Waals surface area contributed by atoms with Crippen molar-refractivity contribution in [2.75, 3.05) is 13.1 Å². The van der Waals surface area contributed by atoms with Gasteiger partial charge < -0.3 is 5.32 Å². The Hall–Kier alpha value is -3.00. The van der Waals surface area contributed by atoms with Gasteiger partial charge in [0.1, 0.15) is 17.2 Å². The van der Waals surface area contributed by atoms with Crippen LogP contribution in [0.2, 0.25) is 0 Å². The van der Waals surface area contributed by atoms with Crippen molar-refractivity contribution in [1.29, 1.82) is 0 Å². The smallest absolute Gasteiger partial charge is 0.293 e. The van der Waals surface area contributed by atoms with Gasteiger partial charge in [-0.1, -0.05) is 36.4 Å². The van der Waals surface area contributed by atoms with E-state index in [1.165, 1.54) is 0 Å². The van der Waals surface area contributed by atoms with Gasteiger partial charge in [-0.25, -0.2) is 8.78 Å². The highest BCUT2D eigenvalue weighted by Crippen LogP contribution is 2.31. The Morgan fingerprint density at radius 2 is 1.70 bits per heavy atom. The number of hydrogen-bond acceptors (Lipinski definition) is 4. The van der Waals surface area contributed by atoms with E-state index in [1.54, 1.807) is 18.2 Å². The summed E-state index contributed by atoms with van der Waals surface area (Å²) in [5.41, 5.74) is 0.0851. The van der Waals surface area contributed by atoms with E-state index in [2.05, 4.69) is 5.32 Å². The molecule has 0 radical (unpaired) electrons. The van der Waals surface area contributed by atoms with E-state index >= 15 is 0 Å². The molecule has 1 saturated heterocycles. The van der Waals surface area contributed by atoms with Crippen LogP contribution in [0.25, 0.3) is 6.08 Å². The largest absolute Gasteiger partial charge is 0.350 e. The molecule has 0 atom stereocenters. The molecule has 3 rings (SSSR count). The summed E-state index contributed by atoms with van der Waals surface area (Å²) < 4.78 is 27.2. The highest BCUT2D eigenvalue weighted by atomic mass is 32.2. The van der Waals surface area contributed by atoms with Crippen molar-refractivity contribution < 1.29 is 23.2 Å². The van der Waals surface area contributed by atoms with E-state index in [-0.39, 0.29) is 18.0 Å². The van der Waals surface area contributed by atoms with Gasteiger partial charge in [0.25, 0.3) is 17.1 Å². The van der Waals surface area contributed by atoms with Gasteiger partial charge in [-0.05, 0) is 35.5 Å². The Balaban J connectivity index is 1.61. The first kappa shape index (κ1) is 18.8. The molecule has 0 aliphatic carbocycles. The van der Waals surface area contributed by atoms with Gasteiger partial charge in [0.05, 0.1) is 4.91 Å². The van der Waals surface area contributed by atoms with E-state index in [9.17, 15) is 23.2 Å². The molecule has 1 aliphatic heterocycles. The van der Waals surface area contributed by atoms with Crippen molar-refractivity contribution in [2.24, 2.45) is 0 Å². The first-order valence-corrected chi connectivity index (χ1v) is 8.81. The second-order valence-corrected chi connectivity index (χ2v) is 6.59. The third kappa shape index (κ3) is 4.22. The van der Waals surface area contributed by atoms with Crippen molar-refractivity contribution in [3.8, 4) is 0 Å². The Morgan fingerprint density at radius 3 is 2.37 bits per heavy atom. The summed E-state index contributed by atoms with van der Waals surface area (Å²) >= 11 is 0.803. The molecule has 138 valence electrons. The van der Waals surface area contributed by atoms with Crippen molar-refractivity contribution in [1.82, 2.24) is 10.2 Å². The molecule has 2 aromatic rings. The van der Waals surface area contributed by atoms with E-state index in [1.807, 2.05) is 18.2 Å². The molecule has 5 nitrogen and oxygen atoms in total. The zero-order valence-electron chi connectivity index (χ0n) is 13.9. The van der Waals surface area contributed by atoms with Gasteiger partial charge in [0.15, 0.2) is 0 Å². The second-order valence-electron chi connectivity index (χ2n) is 5.60. The van der Waals surface area contributed by atoms with E-state index in [0.717, 1.165) is 40.4 Å². The summed E-state index contributed by atoms with van der Waals surface area (Å²) in [5.74, 6) is -3.38. The fourth-order valence-corrected chi connectivity index (χ4v) is 3.34. The van der Waals surface area contributed by atoms with Crippen LogP contribution in [0.4, 0.5) is 13.6 Å². The minimum atomic E-state index is -0.982. The zero-order valence-corrected chi connectivity index (χ0v) is 14.8. The molecule has 27 heavy (non-hydrogen) atoms. The summed E-state index contributed by atoms with van der Waals surface area (Å²) in [6.07, 6.45) is 1.61. The van der Waals surface area contributed by atoms with Crippen molar-refractivity contribution in [2.45, 2.75) is 0 Å². The van der Waals surface area contributed by atoms with E-state index in [4.69, 9.17) is 0 Å². The molecule has 0 bridgehead atoms. The van der Waals surface area contributed by atoms with Gasteiger partial charge in [0.2, 0.25) is 0 Å². The quantitative estimate of drug-likeness (QED) is 0.797. The Bertz CT molecular complexity index is 912. The number of hydrogen-bond donors (Lipinski definition) is 1. The summed E-state index contributed by atoms with van der Waals surface area (Å²) in [6, 6.07) is 12.2. The van der Waals surface area contributed by atoms with Crippen molar-refractivity contribution >= 4 is 34.9 Å². The Labute approximate surface area is 158 Å². The number of imide groups is 1. The van der Waals surface area contributed by atoms with E-state index < -0.39 is 34.3 Å². The first-order chi connectivity index (χ1) is 13.0. The summed E-state index contributed by atoms with van der Waals surface area (Å²) in [7, 11) is 0. The molecule has 2 aromatic carbocycles. The topological polar surface area (TPSA) is 66.5 Å². The molecule has 1 fully saturated rings. The fraction of sp³-hybridized carbons (Fsp3) is 0.105. The molecule has 1 heterocycles. The maximum absolute atomic E-state index is 13.6. The average molecular weight is 388 g/mol. The number of amides is 3. The number of nitrogens with one attached hydrogen (secondary N) is 1. The molecule has 0 unspecified atom stereocenters. The second kappa shape index (κ2) is 8.13. The maximum Gasteiger partial charge on any atom is 0.293 e. The lowest BCUT2D eigenvalue weighted by molar-refractivity contribution is -0.122. The van der Waals surface area contributed by atoms with Crippen molar-refractivity contribution in [3.05, 3.63) is 76.2 Å². The molecule has 1 N–H and O–H groups in total. The molecule has 0 aromatic heterocycles. The van der Waals surface area contributed by atoms with Crippen LogP contribution in [0.3, 0.4) is 0 Å². The predicted octanol–water partition coefficient (Wildman–Crippen LogP) is 3.43. The lowest BCUT2D eigenvalue weighted by Crippen LogP contribution is -2.37. The third-order valence-electron chi connectivity index (χ3n) is 3.78.